The number of benzene rings is 1. The molecule has 2 unspecified atom stereocenters. The standard InChI is InChI=1S/C38H44N10O8S2.BrH/c1-6-55-44-26(29-42-35(58-45-29)43-36(52)56-37(2,3)4)31(49)41-27-32(50)48-28(34(51)54-19-22-9-11-24(53-5)12-10-22)23(20-57-33(27)48)18-46-16-7-8-25-30(46)40-21-47(25)17-15-38(39)13-14-38;/h7-12,16,21,27,33H,6,13-15,17-20,39H2,1-5H3,(H-,41,42,43,45,49,52);1H/b44-26-;. The van der Waals surface area contributed by atoms with E-state index < -0.39 is 40.9 Å². The molecule has 3 aliphatic rings. The molecule has 4 N–H and O–H groups in total. The molecule has 21 heteroatoms. The molecule has 18 nitrogen and oxygen atoms in total. The van der Waals surface area contributed by atoms with Gasteiger partial charge >= 0.3 is 17.7 Å². The number of amides is 3. The molecule has 59 heavy (non-hydrogen) atoms. The summed E-state index contributed by atoms with van der Waals surface area (Å²) in [4.78, 5) is 69.6. The van der Waals surface area contributed by atoms with Crippen molar-refractivity contribution in [3.8, 4) is 5.75 Å². The Morgan fingerprint density at radius 3 is 2.61 bits per heavy atom. The number of imidazole rings is 1. The van der Waals surface area contributed by atoms with E-state index in [0.29, 0.717) is 17.1 Å². The molecule has 0 radical (unpaired) electrons. The minimum atomic E-state index is -1.03. The van der Waals surface area contributed by atoms with Crippen LogP contribution in [0.5, 0.6) is 5.75 Å². The summed E-state index contributed by atoms with van der Waals surface area (Å²) in [5.74, 6) is -1.10. The highest BCUT2D eigenvalue weighted by Gasteiger charge is 2.55. The summed E-state index contributed by atoms with van der Waals surface area (Å²) in [5.41, 5.74) is 8.34. The monoisotopic (exact) mass is 912 g/mol. The zero-order valence-electron chi connectivity index (χ0n) is 33.1. The van der Waals surface area contributed by atoms with E-state index in [0.717, 1.165) is 54.1 Å². The van der Waals surface area contributed by atoms with Gasteiger partial charge < -0.3 is 51.6 Å². The Morgan fingerprint density at radius 1 is 1.15 bits per heavy atom. The smallest absolute Gasteiger partial charge is 0.414 e. The average Bonchev–Trinajstić information content (AvgIpc) is 3.53. The largest absolute Gasteiger partial charge is 1.00 e. The van der Waals surface area contributed by atoms with Crippen LogP contribution in [0.1, 0.15) is 58.3 Å². The molecular formula is C38H45BrN10O8S2. The third kappa shape index (κ3) is 10.0. The van der Waals surface area contributed by atoms with Crippen LogP contribution in [-0.4, -0.2) is 95.4 Å². The van der Waals surface area contributed by atoms with Gasteiger partial charge in [0.15, 0.2) is 0 Å². The maximum Gasteiger partial charge on any atom is 0.414 e. The second kappa shape index (κ2) is 18.0. The number of rotatable bonds is 15. The fraction of sp³-hybridized carbons (Fsp3) is 0.447. The number of ether oxygens (including phenoxy) is 3. The summed E-state index contributed by atoms with van der Waals surface area (Å²) < 4.78 is 24.6. The average molecular weight is 914 g/mol. The minimum Gasteiger partial charge on any atom is -1.00 e. The minimum absolute atomic E-state index is 0. The van der Waals surface area contributed by atoms with Crippen molar-refractivity contribution in [2.75, 3.05) is 24.8 Å². The molecule has 2 atom stereocenters. The van der Waals surface area contributed by atoms with E-state index in [-0.39, 0.29) is 64.6 Å². The molecule has 0 spiro atoms. The second-order valence-electron chi connectivity index (χ2n) is 15.0. The first-order valence-electron chi connectivity index (χ1n) is 18.7. The SMILES string of the molecule is CCO/N=C(\C(=O)NC1C(=O)N2C(C(=O)OCc3ccc(OC)cc3)=C(C[n+]3cccc4c3ncn4CCC3(N)CC3)CSC12)c1nsc(NC(=O)OC(C)(C)C)n1.[Br-]. The number of hydrogen-bond donors (Lipinski definition) is 3. The van der Waals surface area contributed by atoms with Crippen LogP contribution in [0.25, 0.3) is 11.2 Å². The molecule has 3 aromatic heterocycles. The fourth-order valence-corrected chi connectivity index (χ4v) is 8.25. The number of thioether (sulfide) groups is 1. The van der Waals surface area contributed by atoms with Crippen molar-refractivity contribution in [3.05, 3.63) is 71.6 Å². The van der Waals surface area contributed by atoms with Crippen molar-refractivity contribution in [2.45, 2.75) is 89.2 Å². The number of carbonyl (C=O) groups is 4. The Labute approximate surface area is 358 Å². The van der Waals surface area contributed by atoms with Crippen LogP contribution in [-0.2, 0) is 48.4 Å². The number of carbonyl (C=O) groups excluding carboxylic acids is 4. The lowest BCUT2D eigenvalue weighted by Crippen LogP contribution is -3.00. The first-order valence-corrected chi connectivity index (χ1v) is 20.5. The predicted molar refractivity (Wildman–Crippen MR) is 213 cm³/mol. The van der Waals surface area contributed by atoms with Gasteiger partial charge in [-0.25, -0.2) is 14.2 Å². The quantitative estimate of drug-likeness (QED) is 0.0480. The Bertz CT molecular complexity index is 2290. The van der Waals surface area contributed by atoms with Crippen molar-refractivity contribution in [1.82, 2.24) is 29.1 Å². The number of esters is 1. The molecule has 1 aromatic carbocycles. The van der Waals surface area contributed by atoms with E-state index in [1.54, 1.807) is 65.4 Å². The van der Waals surface area contributed by atoms with Crippen LogP contribution in [0.3, 0.4) is 0 Å². The third-order valence-electron chi connectivity index (χ3n) is 9.56. The number of pyridine rings is 1. The highest BCUT2D eigenvalue weighted by Crippen LogP contribution is 2.41. The van der Waals surface area contributed by atoms with E-state index in [1.165, 1.54) is 16.7 Å². The molecular weight excluding hydrogens is 869 g/mol. The molecule has 0 bridgehead atoms. The van der Waals surface area contributed by atoms with E-state index in [9.17, 15) is 19.2 Å². The zero-order valence-corrected chi connectivity index (χ0v) is 36.3. The third-order valence-corrected chi connectivity index (χ3v) is 11.5. The highest BCUT2D eigenvalue weighted by atomic mass is 79.9. The van der Waals surface area contributed by atoms with E-state index in [4.69, 9.17) is 29.8 Å². The zero-order chi connectivity index (χ0) is 41.2. The van der Waals surface area contributed by atoms with Crippen molar-refractivity contribution in [3.63, 3.8) is 0 Å². The number of nitrogens with two attached hydrogens (primary N) is 1. The lowest BCUT2D eigenvalue weighted by molar-refractivity contribution is -0.664. The van der Waals surface area contributed by atoms with Crippen molar-refractivity contribution >= 4 is 69.2 Å². The van der Waals surface area contributed by atoms with E-state index in [2.05, 4.69) is 29.7 Å². The van der Waals surface area contributed by atoms with Gasteiger partial charge in [0.25, 0.3) is 11.8 Å². The first-order chi connectivity index (χ1) is 27.8. The number of aromatic nitrogens is 5. The van der Waals surface area contributed by atoms with Crippen LogP contribution in [0.4, 0.5) is 9.93 Å². The van der Waals surface area contributed by atoms with Gasteiger partial charge in [-0.1, -0.05) is 17.3 Å². The van der Waals surface area contributed by atoms with Gasteiger partial charge in [-0.3, -0.25) is 19.8 Å². The molecule has 2 aliphatic heterocycles. The predicted octanol–water partition coefficient (Wildman–Crippen LogP) is 0.255. The van der Waals surface area contributed by atoms with Gasteiger partial charge in [0.1, 0.15) is 53.7 Å². The molecule has 1 saturated heterocycles. The highest BCUT2D eigenvalue weighted by molar-refractivity contribution is 8.00. The number of β-lactam (4-membered cyclic amide) rings is 1. The van der Waals surface area contributed by atoms with Gasteiger partial charge in [0, 0.05) is 34.9 Å². The Balaban J connectivity index is 0.00000585. The number of hydrogen-bond acceptors (Lipinski definition) is 15. The van der Waals surface area contributed by atoms with Gasteiger partial charge in [-0.05, 0) is 81.8 Å². The number of methoxy groups -OCH3 is 1. The van der Waals surface area contributed by atoms with E-state index >= 15 is 0 Å². The topological polar surface area (TPSA) is 218 Å². The molecule has 4 aromatic rings. The Hall–Kier alpha value is -5.12. The van der Waals surface area contributed by atoms with E-state index in [1.807, 2.05) is 22.9 Å². The van der Waals surface area contributed by atoms with Crippen molar-refractivity contribution < 1.29 is 59.8 Å². The molecule has 1 saturated carbocycles. The van der Waals surface area contributed by atoms with Crippen LogP contribution < -0.4 is 42.7 Å². The summed E-state index contributed by atoms with van der Waals surface area (Å²) >= 11 is 2.21. The fourth-order valence-electron chi connectivity index (χ4n) is 6.36. The maximum atomic E-state index is 14.1. The molecule has 2 fully saturated rings. The van der Waals surface area contributed by atoms with Crippen molar-refractivity contribution in [1.29, 1.82) is 0 Å². The van der Waals surface area contributed by atoms with Crippen LogP contribution in [0.2, 0.25) is 0 Å². The summed E-state index contributed by atoms with van der Waals surface area (Å²) in [5, 5.41) is 8.57. The van der Waals surface area contributed by atoms with Gasteiger partial charge in [0.2, 0.25) is 23.0 Å². The molecule has 5 heterocycles. The lowest BCUT2D eigenvalue weighted by atomic mass is 10.0. The summed E-state index contributed by atoms with van der Waals surface area (Å²) in [6.45, 7) is 7.92. The lowest BCUT2D eigenvalue weighted by Gasteiger charge is -2.49. The van der Waals surface area contributed by atoms with Crippen LogP contribution >= 0.6 is 23.3 Å². The molecule has 1 aliphatic carbocycles. The second-order valence-corrected chi connectivity index (χ2v) is 16.9. The number of fused-ring (bicyclic) bond motifs is 2. The normalized spacial score (nSPS) is 18.3. The number of oxime groups is 1. The molecule has 3 amide bonds. The first kappa shape index (κ1) is 43.5. The van der Waals surface area contributed by atoms with Gasteiger partial charge in [-0.2, -0.15) is 9.36 Å². The Morgan fingerprint density at radius 2 is 1.92 bits per heavy atom. The van der Waals surface area contributed by atoms with Crippen LogP contribution in [0.15, 0.2) is 65.3 Å². The van der Waals surface area contributed by atoms with Crippen LogP contribution in [0, 0.1) is 0 Å². The number of nitrogens with one attached hydrogen (secondary N) is 2. The summed E-state index contributed by atoms with van der Waals surface area (Å²) in [7, 11) is 1.57. The number of halogens is 1. The Kier molecular flexibility index (Phi) is 13.3. The van der Waals surface area contributed by atoms with Crippen molar-refractivity contribution in [2.24, 2.45) is 10.9 Å². The number of aryl methyl sites for hydroxylation is 1. The maximum absolute atomic E-state index is 14.1. The van der Waals surface area contributed by atoms with Gasteiger partial charge in [0.05, 0.1) is 13.3 Å². The number of nitrogens with zero attached hydrogens (tertiary/aromatic N) is 7. The number of anilines is 1. The summed E-state index contributed by atoms with van der Waals surface area (Å²) in [6.07, 6.45) is 5.82. The summed E-state index contributed by atoms with van der Waals surface area (Å²) in [6, 6.07) is 10.0. The molecule has 7 rings (SSSR count). The van der Waals surface area contributed by atoms with Gasteiger partial charge in [-0.15, -0.1) is 11.8 Å². The molecule has 314 valence electrons.